The minimum absolute atomic E-state index is 0.282. The van der Waals surface area contributed by atoms with Gasteiger partial charge in [-0.05, 0) is 34.1 Å². The Morgan fingerprint density at radius 1 is 1.56 bits per heavy atom. The number of methoxy groups -OCH3 is 1. The number of rotatable bonds is 5. The smallest absolute Gasteiger partial charge is 0.265 e. The number of carbonyl (C=O) groups is 1. The predicted molar refractivity (Wildman–Crippen MR) is 65.0 cm³/mol. The molecule has 0 saturated heterocycles. The van der Waals surface area contributed by atoms with Crippen LogP contribution in [0, 0.1) is 0 Å². The van der Waals surface area contributed by atoms with Crippen molar-refractivity contribution in [1.82, 2.24) is 5.32 Å². The quantitative estimate of drug-likeness (QED) is 0.869. The number of hydrogen-bond donors (Lipinski definition) is 2. The van der Waals surface area contributed by atoms with E-state index < -0.39 is 25.0 Å². The SMILES string of the molecule is COc1ccc(C(=O)NCC(O)C(F)F)cc1Br. The summed E-state index contributed by atoms with van der Waals surface area (Å²) in [4.78, 5) is 11.6. The maximum atomic E-state index is 12.0. The highest BCUT2D eigenvalue weighted by atomic mass is 79.9. The zero-order valence-corrected chi connectivity index (χ0v) is 11.1. The Hall–Kier alpha value is -1.21. The number of amides is 1. The van der Waals surface area contributed by atoms with Crippen LogP contribution >= 0.6 is 15.9 Å². The largest absolute Gasteiger partial charge is 0.496 e. The Kier molecular flexibility index (Phi) is 5.49. The zero-order chi connectivity index (χ0) is 13.7. The third-order valence-electron chi connectivity index (χ3n) is 2.18. The van der Waals surface area contributed by atoms with E-state index in [1.165, 1.54) is 19.2 Å². The molecule has 0 heterocycles. The summed E-state index contributed by atoms with van der Waals surface area (Å²) >= 11 is 3.20. The van der Waals surface area contributed by atoms with Gasteiger partial charge >= 0.3 is 0 Å². The summed E-state index contributed by atoms with van der Waals surface area (Å²) in [5.74, 6) is 0.0113. The lowest BCUT2D eigenvalue weighted by atomic mass is 10.2. The number of aliphatic hydroxyl groups excluding tert-OH is 1. The molecule has 0 aliphatic heterocycles. The van der Waals surface area contributed by atoms with Crippen molar-refractivity contribution in [2.24, 2.45) is 0 Å². The van der Waals surface area contributed by atoms with Crippen LogP contribution in [0.1, 0.15) is 10.4 Å². The lowest BCUT2D eigenvalue weighted by Gasteiger charge is -2.11. The number of nitrogens with one attached hydrogen (secondary N) is 1. The number of carbonyl (C=O) groups excluding carboxylic acids is 1. The normalized spacial score (nSPS) is 12.3. The van der Waals surface area contributed by atoms with Crippen LogP contribution < -0.4 is 10.1 Å². The number of hydrogen-bond acceptors (Lipinski definition) is 3. The highest BCUT2D eigenvalue weighted by molar-refractivity contribution is 9.10. The second kappa shape index (κ2) is 6.65. The summed E-state index contributed by atoms with van der Waals surface area (Å²) < 4.78 is 29.6. The molecule has 0 radical (unpaired) electrons. The van der Waals surface area contributed by atoms with Crippen LogP contribution in [0.15, 0.2) is 22.7 Å². The third kappa shape index (κ3) is 3.92. The fraction of sp³-hybridized carbons (Fsp3) is 0.364. The van der Waals surface area contributed by atoms with Crippen molar-refractivity contribution in [2.75, 3.05) is 13.7 Å². The van der Waals surface area contributed by atoms with Crippen LogP contribution in [0.5, 0.6) is 5.75 Å². The average Bonchev–Trinajstić information content (AvgIpc) is 2.35. The van der Waals surface area contributed by atoms with Gasteiger partial charge in [-0.15, -0.1) is 0 Å². The Labute approximate surface area is 111 Å². The van der Waals surface area contributed by atoms with Crippen molar-refractivity contribution >= 4 is 21.8 Å². The van der Waals surface area contributed by atoms with Crippen molar-refractivity contribution in [2.45, 2.75) is 12.5 Å². The fourth-order valence-electron chi connectivity index (χ4n) is 1.20. The second-order valence-electron chi connectivity index (χ2n) is 3.46. The van der Waals surface area contributed by atoms with Crippen molar-refractivity contribution in [3.05, 3.63) is 28.2 Å². The van der Waals surface area contributed by atoms with Crippen molar-refractivity contribution in [1.29, 1.82) is 0 Å². The molecule has 0 aromatic heterocycles. The summed E-state index contributed by atoms with van der Waals surface area (Å²) in [7, 11) is 1.48. The molecule has 1 amide bonds. The average molecular weight is 324 g/mol. The number of ether oxygens (including phenoxy) is 1. The first-order chi connectivity index (χ1) is 8.45. The molecule has 1 aromatic carbocycles. The van der Waals surface area contributed by atoms with E-state index in [4.69, 9.17) is 9.84 Å². The molecule has 0 aliphatic carbocycles. The molecule has 0 saturated carbocycles. The molecule has 0 fully saturated rings. The zero-order valence-electron chi connectivity index (χ0n) is 9.49. The van der Waals surface area contributed by atoms with E-state index in [1.807, 2.05) is 0 Å². The first-order valence-electron chi connectivity index (χ1n) is 5.03. The Balaban J connectivity index is 2.65. The van der Waals surface area contributed by atoms with Crippen LogP contribution in [0.2, 0.25) is 0 Å². The molecule has 1 unspecified atom stereocenters. The molecule has 4 nitrogen and oxygen atoms in total. The Morgan fingerprint density at radius 2 is 2.22 bits per heavy atom. The van der Waals surface area contributed by atoms with E-state index in [1.54, 1.807) is 6.07 Å². The van der Waals surface area contributed by atoms with Gasteiger partial charge in [-0.1, -0.05) is 0 Å². The minimum Gasteiger partial charge on any atom is -0.496 e. The minimum atomic E-state index is -2.88. The van der Waals surface area contributed by atoms with Crippen molar-refractivity contribution in [3.63, 3.8) is 0 Å². The van der Waals surface area contributed by atoms with E-state index in [9.17, 15) is 13.6 Å². The van der Waals surface area contributed by atoms with E-state index in [-0.39, 0.29) is 5.56 Å². The first-order valence-corrected chi connectivity index (χ1v) is 5.83. The molecule has 1 atom stereocenters. The molecule has 2 N–H and O–H groups in total. The Morgan fingerprint density at radius 3 is 2.72 bits per heavy atom. The standard InChI is InChI=1S/C11H12BrF2NO3/c1-18-9-3-2-6(4-7(9)12)11(17)15-5-8(16)10(13)14/h2-4,8,10,16H,5H2,1H3,(H,15,17). The van der Waals surface area contributed by atoms with Gasteiger partial charge in [-0.2, -0.15) is 0 Å². The van der Waals surface area contributed by atoms with Gasteiger partial charge in [-0.3, -0.25) is 4.79 Å². The molecule has 1 rings (SSSR count). The second-order valence-corrected chi connectivity index (χ2v) is 4.32. The number of benzene rings is 1. The van der Waals surface area contributed by atoms with Gasteiger partial charge in [0.05, 0.1) is 11.6 Å². The van der Waals surface area contributed by atoms with Gasteiger partial charge in [0.25, 0.3) is 12.3 Å². The molecule has 0 spiro atoms. The van der Waals surface area contributed by atoms with E-state index in [2.05, 4.69) is 21.2 Å². The highest BCUT2D eigenvalue weighted by Crippen LogP contribution is 2.25. The highest BCUT2D eigenvalue weighted by Gasteiger charge is 2.18. The number of alkyl halides is 2. The third-order valence-corrected chi connectivity index (χ3v) is 2.80. The lowest BCUT2D eigenvalue weighted by Crippen LogP contribution is -2.35. The van der Waals surface area contributed by atoms with Gasteiger partial charge in [0.1, 0.15) is 11.9 Å². The number of aliphatic hydroxyl groups is 1. The van der Waals surface area contributed by atoms with Crippen molar-refractivity contribution < 1.29 is 23.4 Å². The van der Waals surface area contributed by atoms with Gasteiger partial charge in [0.15, 0.2) is 0 Å². The summed E-state index contributed by atoms with van der Waals surface area (Å²) in [6.45, 7) is -0.500. The van der Waals surface area contributed by atoms with Gasteiger partial charge in [0, 0.05) is 12.1 Å². The van der Waals surface area contributed by atoms with Crippen LogP contribution in [-0.4, -0.2) is 37.2 Å². The molecular weight excluding hydrogens is 312 g/mol. The van der Waals surface area contributed by atoms with Crippen LogP contribution in [0.4, 0.5) is 8.78 Å². The van der Waals surface area contributed by atoms with Gasteiger partial charge in [-0.25, -0.2) is 8.78 Å². The Bertz CT molecular complexity index is 429. The summed E-state index contributed by atoms with van der Waals surface area (Å²) in [5, 5.41) is 11.1. The lowest BCUT2D eigenvalue weighted by molar-refractivity contribution is -0.00270. The van der Waals surface area contributed by atoms with E-state index >= 15 is 0 Å². The molecule has 18 heavy (non-hydrogen) atoms. The van der Waals surface area contributed by atoms with Crippen molar-refractivity contribution in [3.8, 4) is 5.75 Å². The predicted octanol–water partition coefficient (Wildman–Crippen LogP) is 1.81. The molecular formula is C11H12BrF2NO3. The molecule has 1 aromatic rings. The topological polar surface area (TPSA) is 58.6 Å². The first kappa shape index (κ1) is 14.8. The number of halogens is 3. The van der Waals surface area contributed by atoms with Crippen LogP contribution in [0.3, 0.4) is 0 Å². The van der Waals surface area contributed by atoms with Crippen LogP contribution in [0.25, 0.3) is 0 Å². The maximum Gasteiger partial charge on any atom is 0.265 e. The molecule has 100 valence electrons. The van der Waals surface area contributed by atoms with E-state index in [0.29, 0.717) is 10.2 Å². The van der Waals surface area contributed by atoms with E-state index in [0.717, 1.165) is 0 Å². The van der Waals surface area contributed by atoms with Crippen LogP contribution in [-0.2, 0) is 0 Å². The molecule has 0 bridgehead atoms. The summed E-state index contributed by atoms with van der Waals surface area (Å²) in [5.41, 5.74) is 0.282. The fourth-order valence-corrected chi connectivity index (χ4v) is 1.74. The maximum absolute atomic E-state index is 12.0. The molecule has 0 aliphatic rings. The van der Waals surface area contributed by atoms with Gasteiger partial charge < -0.3 is 15.2 Å². The molecule has 7 heteroatoms. The summed E-state index contributed by atoms with van der Waals surface area (Å²) in [6.07, 6.45) is -4.75. The monoisotopic (exact) mass is 323 g/mol. The van der Waals surface area contributed by atoms with Gasteiger partial charge in [0.2, 0.25) is 0 Å². The summed E-state index contributed by atoms with van der Waals surface area (Å²) in [6, 6.07) is 4.57.